The minimum Gasteiger partial charge on any atom is -0.379 e. The summed E-state index contributed by atoms with van der Waals surface area (Å²) in [7, 11) is 0. The van der Waals surface area contributed by atoms with Crippen LogP contribution in [0.2, 0.25) is 0 Å². The fourth-order valence-electron chi connectivity index (χ4n) is 2.44. The van der Waals surface area contributed by atoms with Crippen LogP contribution in [0.1, 0.15) is 24.4 Å². The van der Waals surface area contributed by atoms with Gasteiger partial charge in [0.2, 0.25) is 5.91 Å². The molecule has 1 unspecified atom stereocenters. The topological polar surface area (TPSA) is 59.4 Å². The number of rotatable bonds is 5. The molecule has 7 heteroatoms. The van der Waals surface area contributed by atoms with E-state index in [4.69, 9.17) is 4.74 Å². The summed E-state index contributed by atoms with van der Waals surface area (Å²) in [5, 5.41) is 7.40. The number of nitrogens with zero attached hydrogens (tertiary/aromatic N) is 3. The lowest BCUT2D eigenvalue weighted by Gasteiger charge is -2.26. The number of carbonyl (C=O) groups is 1. The molecule has 118 valence electrons. The van der Waals surface area contributed by atoms with Crippen molar-refractivity contribution in [1.82, 2.24) is 20.0 Å². The van der Waals surface area contributed by atoms with Crippen molar-refractivity contribution in [1.29, 1.82) is 0 Å². The molecule has 0 aliphatic carbocycles. The second kappa shape index (κ2) is 7.38. The van der Waals surface area contributed by atoms with Crippen molar-refractivity contribution in [3.05, 3.63) is 15.9 Å². The molecule has 1 aromatic rings. The average molecular weight is 359 g/mol. The third kappa shape index (κ3) is 4.05. The number of hydrogen-bond donors (Lipinski definition) is 1. The quantitative estimate of drug-likeness (QED) is 0.860. The molecule has 1 aliphatic rings. The number of halogens is 1. The largest absolute Gasteiger partial charge is 0.379 e. The molecule has 2 heterocycles. The highest BCUT2D eigenvalue weighted by atomic mass is 79.9. The van der Waals surface area contributed by atoms with Gasteiger partial charge < -0.3 is 10.1 Å². The number of hydrogen-bond acceptors (Lipinski definition) is 4. The molecular formula is C14H23BrN4O2. The normalized spacial score (nSPS) is 17.7. The molecule has 0 radical (unpaired) electrons. The summed E-state index contributed by atoms with van der Waals surface area (Å²) in [6.07, 6.45) is 0. The number of amides is 1. The van der Waals surface area contributed by atoms with Gasteiger partial charge in [0.1, 0.15) is 6.04 Å². The maximum absolute atomic E-state index is 12.2. The lowest BCUT2D eigenvalue weighted by Crippen LogP contribution is -2.42. The van der Waals surface area contributed by atoms with Gasteiger partial charge in [0, 0.05) is 26.2 Å². The minimum absolute atomic E-state index is 0.00126. The van der Waals surface area contributed by atoms with E-state index in [1.54, 1.807) is 4.68 Å². The summed E-state index contributed by atoms with van der Waals surface area (Å²) in [6, 6.07) is -0.306. The molecule has 1 saturated heterocycles. The Kier molecular flexibility index (Phi) is 5.78. The molecule has 1 N–H and O–H groups in total. The van der Waals surface area contributed by atoms with Crippen LogP contribution in [-0.4, -0.2) is 60.0 Å². The average Bonchev–Trinajstić information content (AvgIpc) is 2.75. The summed E-state index contributed by atoms with van der Waals surface area (Å²) in [6.45, 7) is 10.7. The predicted molar refractivity (Wildman–Crippen MR) is 84.4 cm³/mol. The summed E-state index contributed by atoms with van der Waals surface area (Å²) in [5.41, 5.74) is 1.88. The Balaban J connectivity index is 1.83. The SMILES string of the molecule is Cc1nn(C(C)C(=O)NCCN2CCOCC2)c(C)c1Br. The van der Waals surface area contributed by atoms with Gasteiger partial charge in [-0.05, 0) is 36.7 Å². The summed E-state index contributed by atoms with van der Waals surface area (Å²) in [4.78, 5) is 14.5. The van der Waals surface area contributed by atoms with E-state index < -0.39 is 0 Å². The zero-order valence-corrected chi connectivity index (χ0v) is 14.4. The molecule has 1 aromatic heterocycles. The van der Waals surface area contributed by atoms with Crippen molar-refractivity contribution < 1.29 is 9.53 Å². The van der Waals surface area contributed by atoms with Gasteiger partial charge in [0.25, 0.3) is 0 Å². The highest BCUT2D eigenvalue weighted by Crippen LogP contribution is 2.22. The van der Waals surface area contributed by atoms with Crippen LogP contribution < -0.4 is 5.32 Å². The van der Waals surface area contributed by atoms with Gasteiger partial charge in [0.05, 0.1) is 29.1 Å². The molecule has 6 nitrogen and oxygen atoms in total. The number of nitrogens with one attached hydrogen (secondary N) is 1. The minimum atomic E-state index is -0.306. The Bertz CT molecular complexity index is 497. The van der Waals surface area contributed by atoms with Crippen LogP contribution in [0.15, 0.2) is 4.47 Å². The third-order valence-corrected chi connectivity index (χ3v) is 4.96. The lowest BCUT2D eigenvalue weighted by molar-refractivity contribution is -0.124. The Morgan fingerprint density at radius 3 is 2.67 bits per heavy atom. The Morgan fingerprint density at radius 2 is 2.10 bits per heavy atom. The zero-order chi connectivity index (χ0) is 15.4. The number of ether oxygens (including phenoxy) is 1. The molecular weight excluding hydrogens is 336 g/mol. The van der Waals surface area contributed by atoms with E-state index in [2.05, 4.69) is 31.2 Å². The van der Waals surface area contributed by atoms with Crippen molar-refractivity contribution in [3.63, 3.8) is 0 Å². The van der Waals surface area contributed by atoms with E-state index in [9.17, 15) is 4.79 Å². The second-order valence-corrected chi connectivity index (χ2v) is 6.14. The van der Waals surface area contributed by atoms with Crippen LogP contribution in [0.4, 0.5) is 0 Å². The lowest BCUT2D eigenvalue weighted by atomic mass is 10.3. The smallest absolute Gasteiger partial charge is 0.244 e. The van der Waals surface area contributed by atoms with Crippen molar-refractivity contribution in [2.24, 2.45) is 0 Å². The Hall–Kier alpha value is -0.920. The fraction of sp³-hybridized carbons (Fsp3) is 0.714. The number of morpholine rings is 1. The van der Waals surface area contributed by atoms with Crippen LogP contribution in [-0.2, 0) is 9.53 Å². The van der Waals surface area contributed by atoms with Gasteiger partial charge in [-0.3, -0.25) is 14.4 Å². The number of aromatic nitrogens is 2. The van der Waals surface area contributed by atoms with E-state index in [0.717, 1.165) is 48.7 Å². The fourth-order valence-corrected chi connectivity index (χ4v) is 2.70. The molecule has 21 heavy (non-hydrogen) atoms. The Labute approximate surface area is 133 Å². The van der Waals surface area contributed by atoms with Gasteiger partial charge in [-0.25, -0.2) is 0 Å². The Morgan fingerprint density at radius 1 is 1.43 bits per heavy atom. The maximum Gasteiger partial charge on any atom is 0.244 e. The van der Waals surface area contributed by atoms with Crippen LogP contribution in [0, 0.1) is 13.8 Å². The first-order chi connectivity index (χ1) is 10.0. The highest BCUT2D eigenvalue weighted by Gasteiger charge is 2.20. The summed E-state index contributed by atoms with van der Waals surface area (Å²) in [5.74, 6) is 0.00126. The maximum atomic E-state index is 12.2. The standard InChI is InChI=1S/C14H23BrN4O2/c1-10-13(15)11(2)19(17-10)12(3)14(20)16-4-5-18-6-8-21-9-7-18/h12H,4-9H2,1-3H3,(H,16,20). The van der Waals surface area contributed by atoms with E-state index in [1.807, 2.05) is 20.8 Å². The van der Waals surface area contributed by atoms with Crippen LogP contribution >= 0.6 is 15.9 Å². The molecule has 1 aliphatic heterocycles. The first-order valence-corrected chi connectivity index (χ1v) is 8.09. The van der Waals surface area contributed by atoms with Gasteiger partial charge in [-0.15, -0.1) is 0 Å². The molecule has 0 saturated carbocycles. The van der Waals surface area contributed by atoms with E-state index in [0.29, 0.717) is 6.54 Å². The zero-order valence-electron chi connectivity index (χ0n) is 12.9. The van der Waals surface area contributed by atoms with Gasteiger partial charge in [-0.1, -0.05) is 0 Å². The molecule has 1 atom stereocenters. The van der Waals surface area contributed by atoms with Crippen LogP contribution in [0.3, 0.4) is 0 Å². The van der Waals surface area contributed by atoms with Crippen molar-refractivity contribution in [3.8, 4) is 0 Å². The van der Waals surface area contributed by atoms with Crippen molar-refractivity contribution >= 4 is 21.8 Å². The highest BCUT2D eigenvalue weighted by molar-refractivity contribution is 9.10. The van der Waals surface area contributed by atoms with Gasteiger partial charge in [0.15, 0.2) is 0 Å². The molecule has 0 spiro atoms. The summed E-state index contributed by atoms with van der Waals surface area (Å²) >= 11 is 3.49. The van der Waals surface area contributed by atoms with E-state index >= 15 is 0 Å². The first kappa shape index (κ1) is 16.5. The second-order valence-electron chi connectivity index (χ2n) is 5.35. The molecule has 0 bridgehead atoms. The van der Waals surface area contributed by atoms with E-state index in [1.165, 1.54) is 0 Å². The monoisotopic (exact) mass is 358 g/mol. The van der Waals surface area contributed by atoms with Gasteiger partial charge in [-0.2, -0.15) is 5.10 Å². The van der Waals surface area contributed by atoms with Crippen LogP contribution in [0.25, 0.3) is 0 Å². The number of aryl methyl sites for hydroxylation is 1. The van der Waals surface area contributed by atoms with Crippen molar-refractivity contribution in [2.45, 2.75) is 26.8 Å². The molecule has 1 amide bonds. The predicted octanol–water partition coefficient (Wildman–Crippen LogP) is 1.27. The van der Waals surface area contributed by atoms with Crippen LogP contribution in [0.5, 0.6) is 0 Å². The van der Waals surface area contributed by atoms with Gasteiger partial charge >= 0.3 is 0 Å². The van der Waals surface area contributed by atoms with E-state index in [-0.39, 0.29) is 11.9 Å². The molecule has 0 aromatic carbocycles. The first-order valence-electron chi connectivity index (χ1n) is 7.29. The summed E-state index contributed by atoms with van der Waals surface area (Å²) < 4.78 is 8.04. The molecule has 2 rings (SSSR count). The molecule has 1 fully saturated rings. The third-order valence-electron chi connectivity index (χ3n) is 3.81. The number of carbonyl (C=O) groups excluding carboxylic acids is 1. The van der Waals surface area contributed by atoms with Crippen molar-refractivity contribution in [2.75, 3.05) is 39.4 Å².